The molecule has 28 heavy (non-hydrogen) atoms. The molecule has 0 spiro atoms. The number of benzene rings is 2. The minimum absolute atomic E-state index is 0.0646. The van der Waals surface area contributed by atoms with Crippen LogP contribution in [-0.2, 0) is 4.79 Å². The number of nitrogens with one attached hydrogen (secondary N) is 2. The molecule has 5 nitrogen and oxygen atoms in total. The lowest BCUT2D eigenvalue weighted by Crippen LogP contribution is -2.30. The van der Waals surface area contributed by atoms with E-state index >= 15 is 0 Å². The molecule has 0 unspecified atom stereocenters. The van der Waals surface area contributed by atoms with Gasteiger partial charge in [0.05, 0.1) is 16.7 Å². The summed E-state index contributed by atoms with van der Waals surface area (Å²) in [6, 6.07) is 23.7. The number of hydrogen-bond acceptors (Lipinski definition) is 5. The smallest absolute Gasteiger partial charge is 0.231 e. The van der Waals surface area contributed by atoms with Crippen molar-refractivity contribution in [2.45, 2.75) is 11.2 Å². The molecular formula is C21H18N4OS2. The third-order valence-electron chi connectivity index (χ3n) is 4.12. The summed E-state index contributed by atoms with van der Waals surface area (Å²) in [5, 5.41) is 12.8. The van der Waals surface area contributed by atoms with Gasteiger partial charge in [0, 0.05) is 0 Å². The number of carbonyl (C=O) groups is 1. The van der Waals surface area contributed by atoms with Gasteiger partial charge in [-0.15, -0.1) is 16.4 Å². The molecule has 2 aromatic carbocycles. The highest BCUT2D eigenvalue weighted by atomic mass is 32.2. The van der Waals surface area contributed by atoms with Crippen molar-refractivity contribution in [3.63, 3.8) is 0 Å². The number of amides is 1. The van der Waals surface area contributed by atoms with Gasteiger partial charge in [0.2, 0.25) is 11.1 Å². The van der Waals surface area contributed by atoms with Crippen molar-refractivity contribution in [2.24, 2.45) is 0 Å². The maximum Gasteiger partial charge on any atom is 0.231 e. The fraction of sp³-hybridized carbons (Fsp3) is 0.0952. The first-order valence-electron chi connectivity index (χ1n) is 8.78. The lowest BCUT2D eigenvalue weighted by molar-refractivity contribution is -0.119. The highest BCUT2D eigenvalue weighted by Crippen LogP contribution is 2.24. The summed E-state index contributed by atoms with van der Waals surface area (Å²) in [5.41, 5.74) is 2.09. The Bertz CT molecular complexity index is 978. The topological polar surface area (TPSA) is 70.7 Å². The molecule has 0 atom stereocenters. The lowest BCUT2D eigenvalue weighted by Gasteiger charge is -2.19. The minimum Gasteiger partial charge on any atom is -0.344 e. The van der Waals surface area contributed by atoms with Gasteiger partial charge in [-0.05, 0) is 22.6 Å². The molecule has 2 aromatic heterocycles. The van der Waals surface area contributed by atoms with Crippen LogP contribution in [0.25, 0.3) is 10.7 Å². The third kappa shape index (κ3) is 4.49. The summed E-state index contributed by atoms with van der Waals surface area (Å²) in [6.45, 7) is 0. The zero-order chi connectivity index (χ0) is 19.2. The van der Waals surface area contributed by atoms with Gasteiger partial charge in [0.1, 0.15) is 0 Å². The van der Waals surface area contributed by atoms with Gasteiger partial charge in [-0.2, -0.15) is 0 Å². The van der Waals surface area contributed by atoms with Crippen LogP contribution < -0.4 is 5.32 Å². The third-order valence-corrected chi connectivity index (χ3v) is 5.85. The summed E-state index contributed by atoms with van der Waals surface area (Å²) in [6.07, 6.45) is 0. The number of thioether (sulfide) groups is 1. The van der Waals surface area contributed by atoms with Crippen molar-refractivity contribution >= 4 is 29.0 Å². The van der Waals surface area contributed by atoms with E-state index in [-0.39, 0.29) is 17.7 Å². The average Bonchev–Trinajstić information content (AvgIpc) is 3.43. The number of carbonyl (C=O) groups excluding carboxylic acids is 1. The molecule has 4 aromatic rings. The van der Waals surface area contributed by atoms with E-state index in [4.69, 9.17) is 0 Å². The monoisotopic (exact) mass is 406 g/mol. The van der Waals surface area contributed by atoms with Crippen molar-refractivity contribution in [1.29, 1.82) is 0 Å². The molecule has 0 radical (unpaired) electrons. The Hall–Kier alpha value is -2.90. The molecule has 7 heteroatoms. The highest BCUT2D eigenvalue weighted by Gasteiger charge is 2.17. The van der Waals surface area contributed by atoms with E-state index in [0.717, 1.165) is 21.8 Å². The van der Waals surface area contributed by atoms with Gasteiger partial charge >= 0.3 is 0 Å². The maximum absolute atomic E-state index is 12.6. The zero-order valence-electron chi connectivity index (χ0n) is 14.9. The second-order valence-corrected chi connectivity index (χ2v) is 7.94. The molecule has 0 saturated heterocycles. The Morgan fingerprint density at radius 3 is 2.29 bits per heavy atom. The number of hydrogen-bond donors (Lipinski definition) is 2. The van der Waals surface area contributed by atoms with E-state index in [1.807, 2.05) is 78.2 Å². The Kier molecular flexibility index (Phi) is 5.84. The molecule has 0 aliphatic carbocycles. The maximum atomic E-state index is 12.6. The fourth-order valence-corrected chi connectivity index (χ4v) is 4.09. The summed E-state index contributed by atoms with van der Waals surface area (Å²) >= 11 is 2.91. The lowest BCUT2D eigenvalue weighted by atomic mass is 9.99. The molecular weight excluding hydrogens is 388 g/mol. The predicted molar refractivity (Wildman–Crippen MR) is 113 cm³/mol. The van der Waals surface area contributed by atoms with E-state index in [0.29, 0.717) is 5.16 Å². The molecule has 2 N–H and O–H groups in total. The number of rotatable bonds is 7. The van der Waals surface area contributed by atoms with Crippen LogP contribution in [0.1, 0.15) is 17.2 Å². The summed E-state index contributed by atoms with van der Waals surface area (Å²) < 4.78 is 0. The largest absolute Gasteiger partial charge is 0.344 e. The minimum atomic E-state index is -0.190. The van der Waals surface area contributed by atoms with Gasteiger partial charge in [0.15, 0.2) is 5.82 Å². The van der Waals surface area contributed by atoms with Gasteiger partial charge in [-0.1, -0.05) is 78.5 Å². The molecule has 0 saturated carbocycles. The van der Waals surface area contributed by atoms with Crippen molar-refractivity contribution in [1.82, 2.24) is 20.5 Å². The van der Waals surface area contributed by atoms with E-state index in [2.05, 4.69) is 20.5 Å². The van der Waals surface area contributed by atoms with E-state index in [1.54, 1.807) is 11.3 Å². The zero-order valence-corrected chi connectivity index (χ0v) is 16.5. The van der Waals surface area contributed by atoms with Crippen LogP contribution in [0.5, 0.6) is 0 Å². The van der Waals surface area contributed by atoms with E-state index in [1.165, 1.54) is 11.8 Å². The average molecular weight is 407 g/mol. The molecule has 0 fully saturated rings. The molecule has 0 aliphatic rings. The van der Waals surface area contributed by atoms with Crippen molar-refractivity contribution < 1.29 is 4.79 Å². The van der Waals surface area contributed by atoms with E-state index < -0.39 is 0 Å². The Morgan fingerprint density at radius 1 is 1.00 bits per heavy atom. The molecule has 4 rings (SSSR count). The van der Waals surface area contributed by atoms with Gasteiger partial charge in [-0.3, -0.25) is 9.89 Å². The fourth-order valence-electron chi connectivity index (χ4n) is 2.82. The van der Waals surface area contributed by atoms with Crippen LogP contribution in [0.15, 0.2) is 83.3 Å². The summed E-state index contributed by atoms with van der Waals surface area (Å²) in [4.78, 5) is 18.1. The summed E-state index contributed by atoms with van der Waals surface area (Å²) in [7, 11) is 0. The van der Waals surface area contributed by atoms with Crippen LogP contribution in [-0.4, -0.2) is 26.8 Å². The van der Waals surface area contributed by atoms with Crippen molar-refractivity contribution in [3.8, 4) is 10.7 Å². The van der Waals surface area contributed by atoms with Gasteiger partial charge < -0.3 is 5.32 Å². The van der Waals surface area contributed by atoms with Crippen LogP contribution in [0, 0.1) is 0 Å². The number of thiophene rings is 1. The van der Waals surface area contributed by atoms with Crippen LogP contribution in [0.4, 0.5) is 0 Å². The first kappa shape index (κ1) is 18.5. The molecule has 2 heterocycles. The second-order valence-electron chi connectivity index (χ2n) is 6.05. The molecule has 1 amide bonds. The van der Waals surface area contributed by atoms with Gasteiger partial charge in [0.25, 0.3) is 0 Å². The Morgan fingerprint density at radius 2 is 1.68 bits per heavy atom. The molecule has 0 bridgehead atoms. The highest BCUT2D eigenvalue weighted by molar-refractivity contribution is 7.99. The van der Waals surface area contributed by atoms with E-state index in [9.17, 15) is 4.79 Å². The molecule has 0 aliphatic heterocycles. The number of aromatic nitrogens is 3. The quantitative estimate of drug-likeness (QED) is 0.442. The predicted octanol–water partition coefficient (Wildman–Crippen LogP) is 4.53. The second kappa shape index (κ2) is 8.86. The number of nitrogens with zero attached hydrogens (tertiary/aromatic N) is 2. The van der Waals surface area contributed by atoms with Crippen molar-refractivity contribution in [3.05, 3.63) is 89.3 Å². The first-order valence-corrected chi connectivity index (χ1v) is 10.6. The van der Waals surface area contributed by atoms with Crippen molar-refractivity contribution in [2.75, 3.05) is 5.75 Å². The summed E-state index contributed by atoms with van der Waals surface area (Å²) in [5.74, 6) is 0.910. The standard InChI is InChI=1S/C21H18N4OS2/c26-18(14-28-21-23-20(24-25-21)17-12-7-13-27-17)22-19(15-8-3-1-4-9-15)16-10-5-2-6-11-16/h1-13,19H,14H2,(H,22,26)(H,23,24,25). The number of aromatic amines is 1. The Labute approximate surface area is 171 Å². The number of H-pyrrole nitrogens is 1. The first-order chi connectivity index (χ1) is 13.8. The SMILES string of the molecule is O=C(CSc1n[nH]c(-c2cccs2)n1)NC(c1ccccc1)c1ccccc1. The van der Waals surface area contributed by atoms with Gasteiger partial charge in [-0.25, -0.2) is 4.98 Å². The Balaban J connectivity index is 1.42. The van der Waals surface area contributed by atoms with Crippen LogP contribution in [0.3, 0.4) is 0 Å². The molecule has 140 valence electrons. The van der Waals surface area contributed by atoms with Crippen LogP contribution >= 0.6 is 23.1 Å². The normalized spacial score (nSPS) is 10.9. The van der Waals surface area contributed by atoms with Crippen LogP contribution in [0.2, 0.25) is 0 Å².